The van der Waals surface area contributed by atoms with Crippen LogP contribution in [0.15, 0.2) is 42.5 Å². The number of carbonyl (C=O) groups excluding carboxylic acids is 1. The second-order valence-electron chi connectivity index (χ2n) is 5.57. The van der Waals surface area contributed by atoms with Crippen LogP contribution in [0.1, 0.15) is 21.6 Å². The van der Waals surface area contributed by atoms with E-state index in [2.05, 4.69) is 10.3 Å². The van der Waals surface area contributed by atoms with E-state index in [9.17, 15) is 4.79 Å². The number of hydrogen-bond acceptors (Lipinski definition) is 3. The summed E-state index contributed by atoms with van der Waals surface area (Å²) in [7, 11) is 1.59. The van der Waals surface area contributed by atoms with Crippen LogP contribution in [0.5, 0.6) is 5.75 Å². The minimum absolute atomic E-state index is 0.194. The van der Waals surface area contributed by atoms with Crippen LogP contribution in [0.4, 0.5) is 5.69 Å². The lowest BCUT2D eigenvalue weighted by molar-refractivity contribution is 0.102. The van der Waals surface area contributed by atoms with E-state index in [0.717, 1.165) is 22.2 Å². The maximum absolute atomic E-state index is 12.8. The van der Waals surface area contributed by atoms with Crippen LogP contribution in [-0.2, 0) is 0 Å². The molecule has 24 heavy (non-hydrogen) atoms. The van der Waals surface area contributed by atoms with Crippen LogP contribution in [0.3, 0.4) is 0 Å². The molecule has 1 N–H and O–H groups in total. The zero-order valence-corrected chi connectivity index (χ0v) is 14.4. The number of amides is 1. The Hall–Kier alpha value is -2.59. The Morgan fingerprint density at radius 1 is 1.17 bits per heavy atom. The summed E-state index contributed by atoms with van der Waals surface area (Å²) >= 11 is 6.18. The van der Waals surface area contributed by atoms with Crippen LogP contribution in [0, 0.1) is 13.8 Å². The van der Waals surface area contributed by atoms with Crippen molar-refractivity contribution < 1.29 is 9.53 Å². The standard InChI is InChI=1S/C19H17ClN2O2/c1-11-9-16(15-7-8-17(20)12(2)18(15)21-11)19(23)22-13-5-4-6-14(10-13)24-3/h4-10H,1-3H3,(H,22,23). The Morgan fingerprint density at radius 3 is 2.71 bits per heavy atom. The number of fused-ring (bicyclic) bond motifs is 1. The molecule has 122 valence electrons. The summed E-state index contributed by atoms with van der Waals surface area (Å²) in [6.45, 7) is 3.77. The molecule has 0 aliphatic rings. The van der Waals surface area contributed by atoms with Gasteiger partial charge in [0.05, 0.1) is 18.2 Å². The van der Waals surface area contributed by atoms with Crippen molar-refractivity contribution in [1.82, 2.24) is 4.98 Å². The Morgan fingerprint density at radius 2 is 1.96 bits per heavy atom. The van der Waals surface area contributed by atoms with E-state index in [1.807, 2.05) is 38.1 Å². The average Bonchev–Trinajstić information content (AvgIpc) is 2.58. The monoisotopic (exact) mass is 340 g/mol. The van der Waals surface area contributed by atoms with Crippen LogP contribution in [0.25, 0.3) is 10.9 Å². The second-order valence-corrected chi connectivity index (χ2v) is 5.97. The molecule has 0 radical (unpaired) electrons. The van der Waals surface area contributed by atoms with Crippen molar-refractivity contribution in [3.63, 3.8) is 0 Å². The number of nitrogens with zero attached hydrogens (tertiary/aromatic N) is 1. The molecule has 0 bridgehead atoms. The lowest BCUT2D eigenvalue weighted by Gasteiger charge is -2.12. The lowest BCUT2D eigenvalue weighted by atomic mass is 10.0. The molecule has 0 fully saturated rings. The highest BCUT2D eigenvalue weighted by atomic mass is 35.5. The van der Waals surface area contributed by atoms with Gasteiger partial charge in [0, 0.05) is 27.9 Å². The first-order valence-corrected chi connectivity index (χ1v) is 7.89. The third-order valence-corrected chi connectivity index (χ3v) is 4.28. The maximum Gasteiger partial charge on any atom is 0.256 e. The van der Waals surface area contributed by atoms with Crippen molar-refractivity contribution >= 4 is 34.1 Å². The molecule has 0 unspecified atom stereocenters. The molecule has 3 rings (SSSR count). The van der Waals surface area contributed by atoms with Gasteiger partial charge in [-0.25, -0.2) is 0 Å². The topological polar surface area (TPSA) is 51.2 Å². The summed E-state index contributed by atoms with van der Waals surface area (Å²) in [4.78, 5) is 17.3. The van der Waals surface area contributed by atoms with Crippen molar-refractivity contribution in [1.29, 1.82) is 0 Å². The van der Waals surface area contributed by atoms with E-state index in [1.165, 1.54) is 0 Å². The van der Waals surface area contributed by atoms with Gasteiger partial charge in [0.25, 0.3) is 5.91 Å². The van der Waals surface area contributed by atoms with E-state index in [4.69, 9.17) is 16.3 Å². The van der Waals surface area contributed by atoms with Gasteiger partial charge in [-0.2, -0.15) is 0 Å². The van der Waals surface area contributed by atoms with Gasteiger partial charge in [0.1, 0.15) is 5.75 Å². The Balaban J connectivity index is 2.05. The number of halogens is 1. The smallest absolute Gasteiger partial charge is 0.256 e. The van der Waals surface area contributed by atoms with Crippen LogP contribution in [0.2, 0.25) is 5.02 Å². The number of pyridine rings is 1. The predicted molar refractivity (Wildman–Crippen MR) is 97.2 cm³/mol. The number of rotatable bonds is 3. The number of aryl methyl sites for hydroxylation is 2. The van der Waals surface area contributed by atoms with Gasteiger partial charge in [0.15, 0.2) is 0 Å². The summed E-state index contributed by atoms with van der Waals surface area (Å²) < 4.78 is 5.18. The molecule has 1 heterocycles. The van der Waals surface area contributed by atoms with E-state index < -0.39 is 0 Å². The normalized spacial score (nSPS) is 10.7. The zero-order valence-electron chi connectivity index (χ0n) is 13.7. The average molecular weight is 341 g/mol. The fourth-order valence-electron chi connectivity index (χ4n) is 2.62. The molecule has 0 saturated carbocycles. The van der Waals surface area contributed by atoms with Crippen LogP contribution in [-0.4, -0.2) is 18.0 Å². The van der Waals surface area contributed by atoms with Crippen LogP contribution >= 0.6 is 11.6 Å². The number of aromatic nitrogens is 1. The van der Waals surface area contributed by atoms with E-state index in [-0.39, 0.29) is 5.91 Å². The van der Waals surface area contributed by atoms with Crippen molar-refractivity contribution in [3.8, 4) is 5.75 Å². The molecule has 4 nitrogen and oxygen atoms in total. The zero-order chi connectivity index (χ0) is 17.3. The molecule has 1 amide bonds. The van der Waals surface area contributed by atoms with Gasteiger partial charge < -0.3 is 10.1 Å². The molecule has 5 heteroatoms. The van der Waals surface area contributed by atoms with E-state index in [1.54, 1.807) is 25.3 Å². The molecule has 0 saturated heterocycles. The number of ether oxygens (including phenoxy) is 1. The summed E-state index contributed by atoms with van der Waals surface area (Å²) in [5.41, 5.74) is 3.63. The summed E-state index contributed by atoms with van der Waals surface area (Å²) in [5, 5.41) is 4.33. The molecule has 0 atom stereocenters. The fourth-order valence-corrected chi connectivity index (χ4v) is 2.77. The number of anilines is 1. The Labute approximate surface area is 145 Å². The SMILES string of the molecule is COc1cccc(NC(=O)c2cc(C)nc3c(C)c(Cl)ccc23)c1. The van der Waals surface area contributed by atoms with Gasteiger partial charge in [0.2, 0.25) is 0 Å². The Kier molecular flexibility index (Phi) is 4.40. The van der Waals surface area contributed by atoms with Crippen molar-refractivity contribution in [2.24, 2.45) is 0 Å². The minimum Gasteiger partial charge on any atom is -0.497 e. The van der Waals surface area contributed by atoms with Gasteiger partial charge in [-0.05, 0) is 43.7 Å². The molecular formula is C19H17ClN2O2. The first kappa shape index (κ1) is 16.3. The van der Waals surface area contributed by atoms with E-state index in [0.29, 0.717) is 22.0 Å². The predicted octanol–water partition coefficient (Wildman–Crippen LogP) is 4.77. The first-order chi connectivity index (χ1) is 11.5. The summed E-state index contributed by atoms with van der Waals surface area (Å²) in [5.74, 6) is 0.492. The van der Waals surface area contributed by atoms with Gasteiger partial charge >= 0.3 is 0 Å². The molecule has 0 aliphatic heterocycles. The van der Waals surface area contributed by atoms with Crippen molar-refractivity contribution in [2.75, 3.05) is 12.4 Å². The quantitative estimate of drug-likeness (QED) is 0.747. The molecule has 0 aliphatic carbocycles. The highest BCUT2D eigenvalue weighted by molar-refractivity contribution is 6.32. The minimum atomic E-state index is -0.194. The maximum atomic E-state index is 12.8. The molecule has 1 aromatic heterocycles. The number of benzene rings is 2. The molecule has 2 aromatic carbocycles. The number of carbonyl (C=O) groups is 1. The lowest BCUT2D eigenvalue weighted by Crippen LogP contribution is -2.13. The highest BCUT2D eigenvalue weighted by Gasteiger charge is 2.15. The molecule has 3 aromatic rings. The largest absolute Gasteiger partial charge is 0.497 e. The molecule has 0 spiro atoms. The summed E-state index contributed by atoms with van der Waals surface area (Å²) in [6.07, 6.45) is 0. The fraction of sp³-hybridized carbons (Fsp3) is 0.158. The van der Waals surface area contributed by atoms with Crippen molar-refractivity contribution in [3.05, 3.63) is 64.3 Å². The molecular weight excluding hydrogens is 324 g/mol. The van der Waals surface area contributed by atoms with E-state index >= 15 is 0 Å². The third kappa shape index (κ3) is 3.05. The van der Waals surface area contributed by atoms with Gasteiger partial charge in [-0.3, -0.25) is 9.78 Å². The third-order valence-electron chi connectivity index (χ3n) is 3.87. The first-order valence-electron chi connectivity index (χ1n) is 7.51. The Bertz CT molecular complexity index is 938. The highest BCUT2D eigenvalue weighted by Crippen LogP contribution is 2.27. The number of methoxy groups -OCH3 is 1. The summed E-state index contributed by atoms with van der Waals surface area (Å²) in [6, 6.07) is 12.7. The van der Waals surface area contributed by atoms with Crippen LogP contribution < -0.4 is 10.1 Å². The van der Waals surface area contributed by atoms with Crippen molar-refractivity contribution in [2.45, 2.75) is 13.8 Å². The van der Waals surface area contributed by atoms with Gasteiger partial charge in [-0.15, -0.1) is 0 Å². The number of hydrogen-bond donors (Lipinski definition) is 1. The van der Waals surface area contributed by atoms with Gasteiger partial charge in [-0.1, -0.05) is 23.7 Å². The number of nitrogens with one attached hydrogen (secondary N) is 1. The second kappa shape index (κ2) is 6.49.